The Bertz CT molecular complexity index is 627. The van der Waals surface area contributed by atoms with Gasteiger partial charge in [-0.2, -0.15) is 0 Å². The molecule has 5 nitrogen and oxygen atoms in total. The van der Waals surface area contributed by atoms with Crippen LogP contribution in [-0.2, 0) is 13.2 Å². The van der Waals surface area contributed by atoms with E-state index in [1.54, 1.807) is 13.1 Å². The molecular formula is C15H19N3O2. The minimum atomic E-state index is -0.150. The Hall–Kier alpha value is -2.14. The maximum atomic E-state index is 10.1. The second kappa shape index (κ2) is 5.88. The highest BCUT2D eigenvalue weighted by molar-refractivity contribution is 5.50. The van der Waals surface area contributed by atoms with E-state index >= 15 is 0 Å². The van der Waals surface area contributed by atoms with Crippen molar-refractivity contribution >= 4 is 5.69 Å². The van der Waals surface area contributed by atoms with E-state index in [0.717, 1.165) is 17.1 Å². The molecule has 2 aromatic heterocycles. The summed E-state index contributed by atoms with van der Waals surface area (Å²) in [6, 6.07) is 3.89. The molecule has 0 radical (unpaired) electrons. The first-order valence-electron chi connectivity index (χ1n) is 6.48. The van der Waals surface area contributed by atoms with Gasteiger partial charge in [0, 0.05) is 29.6 Å². The summed E-state index contributed by atoms with van der Waals surface area (Å²) in [6.45, 7) is 5.87. The lowest BCUT2D eigenvalue weighted by Crippen LogP contribution is -2.07. The van der Waals surface area contributed by atoms with Crippen molar-refractivity contribution in [3.63, 3.8) is 0 Å². The number of aliphatic hydroxyl groups is 1. The predicted molar refractivity (Wildman–Crippen MR) is 77.6 cm³/mol. The van der Waals surface area contributed by atoms with E-state index in [1.807, 2.05) is 26.0 Å². The molecule has 0 aliphatic rings. The topological polar surface area (TPSA) is 78.3 Å². The van der Waals surface area contributed by atoms with Crippen LogP contribution in [0.1, 0.15) is 28.2 Å². The molecule has 0 bridgehead atoms. The number of aliphatic hydroxyl groups excluding tert-OH is 1. The van der Waals surface area contributed by atoms with Gasteiger partial charge < -0.3 is 15.5 Å². The smallest absolute Gasteiger partial charge is 0.142 e. The van der Waals surface area contributed by atoms with Crippen molar-refractivity contribution in [1.82, 2.24) is 9.97 Å². The molecular weight excluding hydrogens is 254 g/mol. The van der Waals surface area contributed by atoms with E-state index in [-0.39, 0.29) is 12.4 Å². The van der Waals surface area contributed by atoms with Crippen LogP contribution in [0.25, 0.3) is 0 Å². The fourth-order valence-corrected chi connectivity index (χ4v) is 2.07. The minimum absolute atomic E-state index is 0.127. The fraction of sp³-hybridized carbons (Fsp3) is 0.333. The molecule has 0 aliphatic carbocycles. The lowest BCUT2D eigenvalue weighted by molar-refractivity contribution is 0.279. The number of nitrogens with zero attached hydrogens (tertiary/aromatic N) is 2. The molecule has 106 valence electrons. The van der Waals surface area contributed by atoms with Gasteiger partial charge >= 0.3 is 0 Å². The first kappa shape index (κ1) is 14.3. The van der Waals surface area contributed by atoms with E-state index in [0.29, 0.717) is 23.4 Å². The normalized spacial score (nSPS) is 10.6. The van der Waals surface area contributed by atoms with Gasteiger partial charge in [-0.1, -0.05) is 0 Å². The summed E-state index contributed by atoms with van der Waals surface area (Å²) in [5.41, 5.74) is 4.62. The summed E-state index contributed by atoms with van der Waals surface area (Å²) in [5, 5.41) is 22.6. The second-order valence-electron chi connectivity index (χ2n) is 4.79. The molecule has 2 rings (SSSR count). The highest BCUT2D eigenvalue weighted by Gasteiger charge is 2.11. The quantitative estimate of drug-likeness (QED) is 0.796. The zero-order valence-electron chi connectivity index (χ0n) is 11.9. The molecule has 0 fully saturated rings. The van der Waals surface area contributed by atoms with Crippen molar-refractivity contribution in [2.45, 2.75) is 33.9 Å². The molecule has 0 atom stereocenters. The van der Waals surface area contributed by atoms with E-state index < -0.39 is 0 Å². The minimum Gasteiger partial charge on any atom is -0.506 e. The molecule has 0 aromatic carbocycles. The summed E-state index contributed by atoms with van der Waals surface area (Å²) in [5.74, 6) is 0.127. The number of aromatic nitrogens is 2. The lowest BCUT2D eigenvalue weighted by atomic mass is 10.1. The van der Waals surface area contributed by atoms with Gasteiger partial charge in [0.2, 0.25) is 0 Å². The van der Waals surface area contributed by atoms with Crippen molar-refractivity contribution in [3.05, 3.63) is 46.5 Å². The van der Waals surface area contributed by atoms with Crippen LogP contribution >= 0.6 is 0 Å². The van der Waals surface area contributed by atoms with Gasteiger partial charge in [-0.3, -0.25) is 9.97 Å². The number of nitrogens with one attached hydrogen (secondary N) is 1. The van der Waals surface area contributed by atoms with Crippen LogP contribution in [0.3, 0.4) is 0 Å². The fourth-order valence-electron chi connectivity index (χ4n) is 2.07. The van der Waals surface area contributed by atoms with Crippen LogP contribution < -0.4 is 5.32 Å². The van der Waals surface area contributed by atoms with Gasteiger partial charge in [0.25, 0.3) is 0 Å². The lowest BCUT2D eigenvalue weighted by Gasteiger charge is -2.14. The molecule has 3 N–H and O–H groups in total. The molecule has 0 unspecified atom stereocenters. The van der Waals surface area contributed by atoms with Crippen molar-refractivity contribution in [1.29, 1.82) is 0 Å². The van der Waals surface area contributed by atoms with Gasteiger partial charge in [-0.05, 0) is 32.9 Å². The summed E-state index contributed by atoms with van der Waals surface area (Å²) in [4.78, 5) is 8.43. The Morgan fingerprint density at radius 2 is 1.90 bits per heavy atom. The van der Waals surface area contributed by atoms with Crippen LogP contribution in [-0.4, -0.2) is 20.2 Å². The van der Waals surface area contributed by atoms with Crippen molar-refractivity contribution < 1.29 is 10.2 Å². The zero-order chi connectivity index (χ0) is 14.7. The Balaban J connectivity index is 2.24. The molecule has 5 heteroatoms. The standard InChI is InChI=1S/C15H19N3O2/c1-9-4-5-14(10(2)18-9)17-7-13-12(8-19)6-16-11(3)15(13)20/h4-6,17,19-20H,7-8H2,1-3H3. The summed E-state index contributed by atoms with van der Waals surface area (Å²) in [6.07, 6.45) is 1.59. The number of aryl methyl sites for hydroxylation is 3. The average molecular weight is 273 g/mol. The molecule has 0 aliphatic heterocycles. The molecule has 0 saturated heterocycles. The molecule has 2 aromatic rings. The van der Waals surface area contributed by atoms with Crippen molar-refractivity contribution in [2.24, 2.45) is 0 Å². The third-order valence-electron chi connectivity index (χ3n) is 3.28. The van der Waals surface area contributed by atoms with Crippen LogP contribution in [0.5, 0.6) is 5.75 Å². The molecule has 0 saturated carbocycles. The highest BCUT2D eigenvalue weighted by atomic mass is 16.3. The second-order valence-corrected chi connectivity index (χ2v) is 4.79. The number of anilines is 1. The highest BCUT2D eigenvalue weighted by Crippen LogP contribution is 2.25. The third-order valence-corrected chi connectivity index (χ3v) is 3.28. The third kappa shape index (κ3) is 2.88. The predicted octanol–water partition coefficient (Wildman–Crippen LogP) is 2.21. The van der Waals surface area contributed by atoms with E-state index in [1.165, 1.54) is 0 Å². The molecule has 2 heterocycles. The van der Waals surface area contributed by atoms with E-state index in [2.05, 4.69) is 15.3 Å². The number of aromatic hydroxyl groups is 1. The monoisotopic (exact) mass is 273 g/mol. The number of rotatable bonds is 4. The molecule has 0 amide bonds. The summed E-state index contributed by atoms with van der Waals surface area (Å²) < 4.78 is 0. The van der Waals surface area contributed by atoms with E-state index in [4.69, 9.17) is 0 Å². The Labute approximate surface area is 118 Å². The SMILES string of the molecule is Cc1ccc(NCc2c(CO)cnc(C)c2O)c(C)n1. The van der Waals surface area contributed by atoms with Crippen LogP contribution in [0.4, 0.5) is 5.69 Å². The van der Waals surface area contributed by atoms with Gasteiger partial charge in [0.1, 0.15) is 5.75 Å². The van der Waals surface area contributed by atoms with Gasteiger partial charge in [0.15, 0.2) is 0 Å². The number of hydrogen-bond acceptors (Lipinski definition) is 5. The molecule has 0 spiro atoms. The summed E-state index contributed by atoms with van der Waals surface area (Å²) in [7, 11) is 0. The largest absolute Gasteiger partial charge is 0.506 e. The summed E-state index contributed by atoms with van der Waals surface area (Å²) >= 11 is 0. The first-order valence-corrected chi connectivity index (χ1v) is 6.48. The van der Waals surface area contributed by atoms with Crippen molar-refractivity contribution in [3.8, 4) is 5.75 Å². The van der Waals surface area contributed by atoms with Crippen LogP contribution in [0, 0.1) is 20.8 Å². The molecule has 20 heavy (non-hydrogen) atoms. The Morgan fingerprint density at radius 1 is 1.15 bits per heavy atom. The van der Waals surface area contributed by atoms with Crippen LogP contribution in [0.2, 0.25) is 0 Å². The zero-order valence-corrected chi connectivity index (χ0v) is 11.9. The van der Waals surface area contributed by atoms with Gasteiger partial charge in [-0.15, -0.1) is 0 Å². The Kier molecular flexibility index (Phi) is 4.20. The maximum Gasteiger partial charge on any atom is 0.142 e. The van der Waals surface area contributed by atoms with Gasteiger partial charge in [0.05, 0.1) is 23.7 Å². The average Bonchev–Trinajstić information content (AvgIpc) is 2.42. The van der Waals surface area contributed by atoms with E-state index in [9.17, 15) is 10.2 Å². The Morgan fingerprint density at radius 3 is 2.55 bits per heavy atom. The number of pyridine rings is 2. The van der Waals surface area contributed by atoms with Crippen LogP contribution in [0.15, 0.2) is 18.3 Å². The van der Waals surface area contributed by atoms with Crippen molar-refractivity contribution in [2.75, 3.05) is 5.32 Å². The number of hydrogen-bond donors (Lipinski definition) is 3. The van der Waals surface area contributed by atoms with Gasteiger partial charge in [-0.25, -0.2) is 0 Å². The maximum absolute atomic E-state index is 10.1. The first-order chi connectivity index (χ1) is 9.52.